The van der Waals surface area contributed by atoms with Crippen LogP contribution >= 0.6 is 0 Å². The third kappa shape index (κ3) is 2.90. The molecule has 0 bridgehead atoms. The maximum Gasteiger partial charge on any atom is 0.257 e. The molecule has 1 aromatic rings. The highest BCUT2D eigenvalue weighted by atomic mass is 32.2. The molecule has 9 nitrogen and oxygen atoms in total. The van der Waals surface area contributed by atoms with E-state index < -0.39 is 16.1 Å². The molecule has 0 spiro atoms. The van der Waals surface area contributed by atoms with E-state index in [1.165, 1.54) is 18.9 Å². The number of aliphatic hydroxyl groups is 1. The number of benzene rings is 1. The molecule has 10 heteroatoms. The van der Waals surface area contributed by atoms with Crippen LogP contribution in [0.25, 0.3) is 0 Å². The highest BCUT2D eigenvalue weighted by molar-refractivity contribution is 7.89. The molecule has 0 aromatic heterocycles. The van der Waals surface area contributed by atoms with Crippen LogP contribution in [0.4, 0.5) is 0 Å². The lowest BCUT2D eigenvalue weighted by Crippen LogP contribution is -2.37. The lowest BCUT2D eigenvalue weighted by atomic mass is 9.97. The Morgan fingerprint density at radius 3 is 2.68 bits per heavy atom. The Balaban J connectivity index is 2.26. The fourth-order valence-corrected chi connectivity index (χ4v) is 4.46. The number of fused-ring (bicyclic) bond motifs is 2. The molecule has 1 aromatic carbocycles. The van der Waals surface area contributed by atoms with Crippen molar-refractivity contribution in [2.45, 2.75) is 24.3 Å². The minimum Gasteiger partial charge on any atom is -0.492 e. The number of sulfonamides is 1. The van der Waals surface area contributed by atoms with Crippen molar-refractivity contribution in [2.24, 2.45) is 0 Å². The topological polar surface area (TPSA) is 114 Å². The first-order chi connectivity index (χ1) is 11.8. The summed E-state index contributed by atoms with van der Waals surface area (Å²) in [4.78, 5) is 14.0. The van der Waals surface area contributed by atoms with E-state index in [2.05, 4.69) is 4.72 Å². The van der Waals surface area contributed by atoms with E-state index in [1.807, 2.05) is 0 Å². The van der Waals surface area contributed by atoms with Crippen LogP contribution in [0.2, 0.25) is 0 Å². The number of methoxy groups -OCH3 is 1. The zero-order chi connectivity index (χ0) is 18.4. The van der Waals surface area contributed by atoms with Crippen LogP contribution in [-0.4, -0.2) is 64.5 Å². The highest BCUT2D eigenvalue weighted by Crippen LogP contribution is 2.51. The van der Waals surface area contributed by atoms with Crippen LogP contribution in [0.3, 0.4) is 0 Å². The maximum atomic E-state index is 12.8. The van der Waals surface area contributed by atoms with Gasteiger partial charge in [-0.2, -0.15) is 0 Å². The molecular weight excluding hydrogens is 352 g/mol. The van der Waals surface area contributed by atoms with Gasteiger partial charge in [-0.15, -0.1) is 0 Å². The quantitative estimate of drug-likeness (QED) is 0.730. The van der Waals surface area contributed by atoms with Crippen molar-refractivity contribution in [1.82, 2.24) is 9.62 Å². The third-order valence-electron chi connectivity index (χ3n) is 4.13. The van der Waals surface area contributed by atoms with Gasteiger partial charge >= 0.3 is 0 Å². The van der Waals surface area contributed by atoms with Crippen molar-refractivity contribution in [3.63, 3.8) is 0 Å². The van der Waals surface area contributed by atoms with Gasteiger partial charge in [-0.1, -0.05) is 0 Å². The monoisotopic (exact) mass is 372 g/mol. The summed E-state index contributed by atoms with van der Waals surface area (Å²) in [5.41, 5.74) is 0.500. The van der Waals surface area contributed by atoms with Crippen LogP contribution in [0.5, 0.6) is 17.2 Å². The Morgan fingerprint density at radius 2 is 2.04 bits per heavy atom. The second-order valence-corrected chi connectivity index (χ2v) is 7.66. The molecule has 1 unspecified atom stereocenters. The minimum atomic E-state index is -4.03. The number of hydrogen-bond donors (Lipinski definition) is 2. The Hall–Kier alpha value is -2.04. The Kier molecular flexibility index (Phi) is 4.52. The number of nitrogens with zero attached hydrogens (tertiary/aromatic N) is 1. The van der Waals surface area contributed by atoms with Crippen molar-refractivity contribution in [3.05, 3.63) is 11.1 Å². The van der Waals surface area contributed by atoms with Crippen molar-refractivity contribution >= 4 is 15.9 Å². The van der Waals surface area contributed by atoms with Crippen LogP contribution < -0.4 is 18.9 Å². The molecule has 2 heterocycles. The zero-order valence-electron chi connectivity index (χ0n) is 14.2. The molecule has 0 saturated heterocycles. The summed E-state index contributed by atoms with van der Waals surface area (Å²) in [7, 11) is -1.01. The van der Waals surface area contributed by atoms with E-state index >= 15 is 0 Å². The second-order valence-electron chi connectivity index (χ2n) is 5.96. The van der Waals surface area contributed by atoms with Gasteiger partial charge in [0.25, 0.3) is 5.91 Å². The van der Waals surface area contributed by atoms with Crippen molar-refractivity contribution in [1.29, 1.82) is 0 Å². The molecule has 138 valence electrons. The van der Waals surface area contributed by atoms with Gasteiger partial charge in [0.05, 0.1) is 18.8 Å². The number of amides is 1. The predicted molar refractivity (Wildman–Crippen MR) is 86.7 cm³/mol. The average molecular weight is 372 g/mol. The fourth-order valence-electron chi connectivity index (χ4n) is 2.93. The normalized spacial score (nSPS) is 17.4. The van der Waals surface area contributed by atoms with E-state index in [0.29, 0.717) is 18.5 Å². The SMILES string of the molecule is COc1c2c(c(S(=O)(=O)NCC(C)O)c3c1C(=O)N(C)CC3)OCO2. The van der Waals surface area contributed by atoms with Gasteiger partial charge in [0, 0.05) is 20.1 Å². The van der Waals surface area contributed by atoms with Crippen LogP contribution in [0.15, 0.2) is 4.90 Å². The number of rotatable bonds is 5. The Morgan fingerprint density at radius 1 is 1.36 bits per heavy atom. The molecule has 0 radical (unpaired) electrons. The molecule has 25 heavy (non-hydrogen) atoms. The summed E-state index contributed by atoms with van der Waals surface area (Å²) >= 11 is 0. The lowest BCUT2D eigenvalue weighted by Gasteiger charge is -2.28. The first kappa shape index (κ1) is 17.8. The largest absolute Gasteiger partial charge is 0.492 e. The van der Waals surface area contributed by atoms with E-state index in [1.54, 1.807) is 7.05 Å². The first-order valence-electron chi connectivity index (χ1n) is 7.73. The standard InChI is InChI=1S/C15H20N2O7S/c1-8(18)6-16-25(20,21)14-9-4-5-17(2)15(19)10(9)11(22-3)12-13(14)24-7-23-12/h8,16,18H,4-7H2,1-3H3. The van der Waals surface area contributed by atoms with Gasteiger partial charge in [0.15, 0.2) is 11.5 Å². The van der Waals surface area contributed by atoms with Gasteiger partial charge < -0.3 is 24.2 Å². The van der Waals surface area contributed by atoms with Crippen LogP contribution in [0, 0.1) is 0 Å². The number of ether oxygens (including phenoxy) is 3. The van der Waals surface area contributed by atoms with Gasteiger partial charge in [0.2, 0.25) is 22.6 Å². The molecular formula is C15H20N2O7S. The zero-order valence-corrected chi connectivity index (χ0v) is 15.0. The van der Waals surface area contributed by atoms with E-state index in [4.69, 9.17) is 14.2 Å². The molecule has 3 rings (SSSR count). The van der Waals surface area contributed by atoms with Gasteiger partial charge in [-0.25, -0.2) is 13.1 Å². The summed E-state index contributed by atoms with van der Waals surface area (Å²) in [6.45, 7) is 1.51. The Bertz CT molecular complexity index is 820. The predicted octanol–water partition coefficient (Wildman–Crippen LogP) is -0.289. The summed E-state index contributed by atoms with van der Waals surface area (Å²) in [6.07, 6.45) is -0.531. The first-order valence-corrected chi connectivity index (χ1v) is 9.21. The number of hydrogen-bond acceptors (Lipinski definition) is 7. The molecule has 1 atom stereocenters. The molecule has 0 aliphatic carbocycles. The van der Waals surface area contributed by atoms with Gasteiger partial charge in [-0.3, -0.25) is 4.79 Å². The number of carbonyl (C=O) groups excluding carboxylic acids is 1. The van der Waals surface area contributed by atoms with Gasteiger partial charge in [0.1, 0.15) is 4.90 Å². The molecule has 0 fully saturated rings. The summed E-state index contributed by atoms with van der Waals surface area (Å²) in [5, 5.41) is 9.39. The molecule has 2 N–H and O–H groups in total. The average Bonchev–Trinajstić information content (AvgIpc) is 3.03. The van der Waals surface area contributed by atoms with Crippen LogP contribution in [-0.2, 0) is 16.4 Å². The highest BCUT2D eigenvalue weighted by Gasteiger charge is 2.40. The summed E-state index contributed by atoms with van der Waals surface area (Å²) in [5.74, 6) is -0.0368. The summed E-state index contributed by atoms with van der Waals surface area (Å²) < 4.78 is 44.1. The van der Waals surface area contributed by atoms with Gasteiger partial charge in [-0.05, 0) is 18.9 Å². The van der Waals surface area contributed by atoms with Crippen LogP contribution in [0.1, 0.15) is 22.8 Å². The van der Waals surface area contributed by atoms with Crippen molar-refractivity contribution in [3.8, 4) is 17.2 Å². The minimum absolute atomic E-state index is 0.0334. The maximum absolute atomic E-state index is 12.8. The molecule has 2 aliphatic heterocycles. The molecule has 0 saturated carbocycles. The van der Waals surface area contributed by atoms with E-state index in [9.17, 15) is 18.3 Å². The number of nitrogens with one attached hydrogen (secondary N) is 1. The third-order valence-corrected chi connectivity index (χ3v) is 5.64. The fraction of sp³-hybridized carbons (Fsp3) is 0.533. The summed E-state index contributed by atoms with van der Waals surface area (Å²) in [6, 6.07) is 0. The Labute approximate surface area is 145 Å². The number of likely N-dealkylation sites (N-methyl/N-ethyl adjacent to an activating group) is 1. The smallest absolute Gasteiger partial charge is 0.257 e. The van der Waals surface area contributed by atoms with E-state index in [-0.39, 0.29) is 47.0 Å². The van der Waals surface area contributed by atoms with Crippen molar-refractivity contribution in [2.75, 3.05) is 34.0 Å². The number of aliphatic hydroxyl groups excluding tert-OH is 1. The van der Waals surface area contributed by atoms with Crippen molar-refractivity contribution < 1.29 is 32.5 Å². The second kappa shape index (κ2) is 6.36. The molecule has 1 amide bonds. The lowest BCUT2D eigenvalue weighted by molar-refractivity contribution is 0.0775. The van der Waals surface area contributed by atoms with E-state index in [0.717, 1.165) is 0 Å². The number of carbonyl (C=O) groups is 1. The molecule has 2 aliphatic rings.